The average Bonchev–Trinajstić information content (AvgIpc) is 3.31. The number of methoxy groups -OCH3 is 1. The van der Waals surface area contributed by atoms with Crippen LogP contribution in [0.25, 0.3) is 0 Å². The van der Waals surface area contributed by atoms with Gasteiger partial charge in [0.05, 0.1) is 7.11 Å². The van der Waals surface area contributed by atoms with Gasteiger partial charge in [-0.05, 0) is 49.9 Å². The normalized spacial score (nSPS) is 17.9. The van der Waals surface area contributed by atoms with Gasteiger partial charge in [0.15, 0.2) is 0 Å². The molecule has 0 radical (unpaired) electrons. The topological polar surface area (TPSA) is 96.4 Å². The monoisotopic (exact) mass is 443 g/mol. The van der Waals surface area contributed by atoms with Gasteiger partial charge in [-0.1, -0.05) is 30.6 Å². The second kappa shape index (κ2) is 10.1. The van der Waals surface area contributed by atoms with E-state index in [2.05, 4.69) is 20.8 Å². The number of carbonyl (C=O) groups excluding carboxylic acids is 2. The van der Waals surface area contributed by atoms with Crippen molar-refractivity contribution in [1.82, 2.24) is 20.4 Å². The minimum absolute atomic E-state index is 0.0576. The van der Waals surface area contributed by atoms with E-state index in [0.29, 0.717) is 29.8 Å². The van der Waals surface area contributed by atoms with Crippen LogP contribution in [0, 0.1) is 0 Å². The van der Waals surface area contributed by atoms with Gasteiger partial charge in [0.1, 0.15) is 10.8 Å². The van der Waals surface area contributed by atoms with Crippen LogP contribution in [-0.2, 0) is 0 Å². The number of hydrogen-bond acceptors (Lipinski definition) is 6. The van der Waals surface area contributed by atoms with Crippen LogP contribution in [0.4, 0.5) is 10.5 Å². The van der Waals surface area contributed by atoms with Crippen LogP contribution in [-0.4, -0.2) is 53.3 Å². The number of benzene rings is 1. The van der Waals surface area contributed by atoms with Crippen molar-refractivity contribution in [3.63, 3.8) is 0 Å². The summed E-state index contributed by atoms with van der Waals surface area (Å²) in [6.45, 7) is 1.41. The first-order chi connectivity index (χ1) is 15.1. The van der Waals surface area contributed by atoms with Gasteiger partial charge in [0.2, 0.25) is 5.01 Å². The molecule has 31 heavy (non-hydrogen) atoms. The summed E-state index contributed by atoms with van der Waals surface area (Å²) >= 11 is 1.33. The second-order valence-electron chi connectivity index (χ2n) is 8.17. The second-order valence-corrected chi connectivity index (χ2v) is 9.18. The van der Waals surface area contributed by atoms with Gasteiger partial charge in [-0.3, -0.25) is 4.79 Å². The molecule has 2 aliphatic rings. The lowest BCUT2D eigenvalue weighted by Crippen LogP contribution is -2.48. The molecule has 166 valence electrons. The lowest BCUT2D eigenvalue weighted by molar-refractivity contribution is 0.102. The zero-order chi connectivity index (χ0) is 21.6. The highest BCUT2D eigenvalue weighted by Crippen LogP contribution is 2.30. The Hall–Kier alpha value is -2.68. The van der Waals surface area contributed by atoms with Crippen molar-refractivity contribution in [3.8, 4) is 5.75 Å². The third kappa shape index (κ3) is 5.52. The molecule has 3 amide bonds. The minimum Gasteiger partial charge on any atom is -0.497 e. The fourth-order valence-corrected chi connectivity index (χ4v) is 5.10. The molecule has 0 unspecified atom stereocenters. The van der Waals surface area contributed by atoms with E-state index in [-0.39, 0.29) is 17.9 Å². The van der Waals surface area contributed by atoms with Gasteiger partial charge in [-0.15, -0.1) is 10.2 Å². The van der Waals surface area contributed by atoms with E-state index >= 15 is 0 Å². The first-order valence-electron chi connectivity index (χ1n) is 11.0. The summed E-state index contributed by atoms with van der Waals surface area (Å²) in [6.07, 6.45) is 7.55. The smallest absolute Gasteiger partial charge is 0.317 e. The number of rotatable bonds is 5. The van der Waals surface area contributed by atoms with E-state index in [1.807, 2.05) is 4.90 Å². The van der Waals surface area contributed by atoms with Gasteiger partial charge in [-0.25, -0.2) is 4.79 Å². The third-order valence-electron chi connectivity index (χ3n) is 6.05. The Balaban J connectivity index is 1.27. The summed E-state index contributed by atoms with van der Waals surface area (Å²) in [7, 11) is 1.60. The Morgan fingerprint density at radius 2 is 1.74 bits per heavy atom. The van der Waals surface area contributed by atoms with E-state index in [1.54, 1.807) is 31.4 Å². The van der Waals surface area contributed by atoms with Crippen molar-refractivity contribution >= 4 is 29.0 Å². The van der Waals surface area contributed by atoms with Crippen molar-refractivity contribution in [2.45, 2.75) is 56.9 Å². The fourth-order valence-electron chi connectivity index (χ4n) is 4.19. The lowest BCUT2D eigenvalue weighted by Gasteiger charge is -2.33. The molecule has 9 heteroatoms. The fraction of sp³-hybridized carbons (Fsp3) is 0.545. The predicted molar refractivity (Wildman–Crippen MR) is 120 cm³/mol. The van der Waals surface area contributed by atoms with Crippen LogP contribution in [0.2, 0.25) is 0 Å². The summed E-state index contributed by atoms with van der Waals surface area (Å²) < 4.78 is 5.13. The van der Waals surface area contributed by atoms with E-state index in [0.717, 1.165) is 36.4 Å². The summed E-state index contributed by atoms with van der Waals surface area (Å²) in [4.78, 5) is 27.0. The number of hydrogen-bond donors (Lipinski definition) is 2. The first-order valence-corrected chi connectivity index (χ1v) is 11.8. The highest BCUT2D eigenvalue weighted by Gasteiger charge is 2.28. The van der Waals surface area contributed by atoms with Crippen LogP contribution in [0.15, 0.2) is 24.3 Å². The van der Waals surface area contributed by atoms with Gasteiger partial charge < -0.3 is 20.3 Å². The Labute approximate surface area is 186 Å². The summed E-state index contributed by atoms with van der Waals surface area (Å²) in [5.74, 6) is 0.701. The van der Waals surface area contributed by atoms with Crippen LogP contribution >= 0.6 is 11.3 Å². The SMILES string of the molecule is COc1ccc(NC(=O)c2nnc(C3CCN(C(=O)NC4CCCCC4)CC3)s2)cc1. The van der Waals surface area contributed by atoms with Crippen molar-refractivity contribution in [2.24, 2.45) is 0 Å². The summed E-state index contributed by atoms with van der Waals surface area (Å²) in [5.41, 5.74) is 0.680. The maximum Gasteiger partial charge on any atom is 0.317 e. The van der Waals surface area contributed by atoms with Crippen LogP contribution < -0.4 is 15.4 Å². The molecular formula is C22H29N5O3S. The van der Waals surface area contributed by atoms with E-state index in [9.17, 15) is 9.59 Å². The van der Waals surface area contributed by atoms with Crippen LogP contribution in [0.1, 0.15) is 65.7 Å². The summed E-state index contributed by atoms with van der Waals surface area (Å²) in [5, 5.41) is 15.6. The number of ether oxygens (including phenoxy) is 1. The summed E-state index contributed by atoms with van der Waals surface area (Å²) in [6, 6.07) is 7.54. The molecule has 4 rings (SSSR count). The van der Waals surface area contributed by atoms with Crippen LogP contribution in [0.5, 0.6) is 5.75 Å². The highest BCUT2D eigenvalue weighted by atomic mass is 32.1. The zero-order valence-electron chi connectivity index (χ0n) is 17.8. The Morgan fingerprint density at radius 3 is 2.42 bits per heavy atom. The van der Waals surface area contributed by atoms with Gasteiger partial charge in [0, 0.05) is 30.7 Å². The standard InChI is InChI=1S/C22H29N5O3S/c1-30-18-9-7-17(8-10-18)23-19(28)21-26-25-20(31-21)15-11-13-27(14-12-15)22(29)24-16-5-3-2-4-6-16/h7-10,15-16H,2-6,11-14H2,1H3,(H,23,28)(H,24,29). The largest absolute Gasteiger partial charge is 0.497 e. The van der Waals surface area contributed by atoms with Crippen LogP contribution in [0.3, 0.4) is 0 Å². The number of likely N-dealkylation sites (tertiary alicyclic amines) is 1. The molecule has 2 fully saturated rings. The average molecular weight is 444 g/mol. The number of amides is 3. The number of carbonyl (C=O) groups is 2. The molecule has 2 aromatic rings. The van der Waals surface area contributed by atoms with E-state index < -0.39 is 0 Å². The van der Waals surface area contributed by atoms with E-state index in [1.165, 1.54) is 30.6 Å². The molecule has 0 atom stereocenters. The van der Waals surface area contributed by atoms with Gasteiger partial charge in [0.25, 0.3) is 5.91 Å². The minimum atomic E-state index is -0.266. The third-order valence-corrected chi connectivity index (χ3v) is 7.13. The number of piperidine rings is 1. The first kappa shape index (κ1) is 21.5. The highest BCUT2D eigenvalue weighted by molar-refractivity contribution is 7.13. The number of nitrogens with zero attached hydrogens (tertiary/aromatic N) is 3. The van der Waals surface area contributed by atoms with Crippen molar-refractivity contribution in [3.05, 3.63) is 34.3 Å². The molecule has 0 spiro atoms. The molecule has 0 bridgehead atoms. The predicted octanol–water partition coefficient (Wildman–Crippen LogP) is 4.02. The van der Waals surface area contributed by atoms with Crippen molar-refractivity contribution in [1.29, 1.82) is 0 Å². The van der Waals surface area contributed by atoms with Crippen molar-refractivity contribution in [2.75, 3.05) is 25.5 Å². The molecule has 1 aromatic carbocycles. The number of aromatic nitrogens is 2. The quantitative estimate of drug-likeness (QED) is 0.728. The number of urea groups is 1. The zero-order valence-corrected chi connectivity index (χ0v) is 18.6. The Bertz CT molecular complexity index is 887. The lowest BCUT2D eigenvalue weighted by atomic mass is 9.95. The van der Waals surface area contributed by atoms with Crippen molar-refractivity contribution < 1.29 is 14.3 Å². The molecule has 8 nitrogen and oxygen atoms in total. The maximum atomic E-state index is 12.5. The van der Waals surface area contributed by atoms with Gasteiger partial charge >= 0.3 is 6.03 Å². The molecule has 2 N–H and O–H groups in total. The number of nitrogens with one attached hydrogen (secondary N) is 2. The molecule has 1 saturated carbocycles. The Kier molecular flexibility index (Phi) is 7.01. The molecule has 2 heterocycles. The number of anilines is 1. The molecule has 1 aromatic heterocycles. The molecule has 1 aliphatic heterocycles. The van der Waals surface area contributed by atoms with Gasteiger partial charge in [-0.2, -0.15) is 0 Å². The Morgan fingerprint density at radius 1 is 1.03 bits per heavy atom. The molecular weight excluding hydrogens is 414 g/mol. The van der Waals surface area contributed by atoms with E-state index in [4.69, 9.17) is 4.74 Å². The molecule has 1 saturated heterocycles. The maximum absolute atomic E-state index is 12.5. The molecule has 1 aliphatic carbocycles.